The van der Waals surface area contributed by atoms with Crippen molar-refractivity contribution in [3.05, 3.63) is 0 Å². The topological polar surface area (TPSA) is 61.7 Å². The Morgan fingerprint density at radius 1 is 1.40 bits per heavy atom. The lowest BCUT2D eigenvalue weighted by Crippen LogP contribution is -2.25. The lowest BCUT2D eigenvalue weighted by Gasteiger charge is -2.29. The monoisotopic (exact) mass is 316 g/mol. The summed E-state index contributed by atoms with van der Waals surface area (Å²) in [5.41, 5.74) is 0. The van der Waals surface area contributed by atoms with Gasteiger partial charge >= 0.3 is 0 Å². The SMILES string of the molecule is CC(=O)NC1=NCC(SC2CCC(O)CCCC2C)S1. The van der Waals surface area contributed by atoms with Crippen LogP contribution in [0.15, 0.2) is 4.99 Å². The molecule has 6 heteroatoms. The smallest absolute Gasteiger partial charge is 0.222 e. The number of carbonyl (C=O) groups excluding carboxylic acids is 1. The second kappa shape index (κ2) is 7.71. The number of amides is 1. The van der Waals surface area contributed by atoms with Gasteiger partial charge in [-0.3, -0.25) is 9.79 Å². The minimum atomic E-state index is -0.118. The Kier molecular flexibility index (Phi) is 6.23. The number of aliphatic hydroxyl groups excluding tert-OH is 1. The number of hydrogen-bond donors (Lipinski definition) is 2. The van der Waals surface area contributed by atoms with E-state index in [0.29, 0.717) is 15.7 Å². The Morgan fingerprint density at radius 2 is 2.20 bits per heavy atom. The van der Waals surface area contributed by atoms with E-state index in [-0.39, 0.29) is 12.0 Å². The molecule has 0 spiro atoms. The molecule has 0 aromatic rings. The summed E-state index contributed by atoms with van der Waals surface area (Å²) in [5, 5.41) is 14.0. The first-order valence-corrected chi connectivity index (χ1v) is 9.19. The third-order valence-electron chi connectivity index (χ3n) is 3.85. The van der Waals surface area contributed by atoms with Crippen LogP contribution in [0.1, 0.15) is 46.0 Å². The van der Waals surface area contributed by atoms with Crippen LogP contribution in [0.3, 0.4) is 0 Å². The van der Waals surface area contributed by atoms with Crippen LogP contribution in [0.4, 0.5) is 0 Å². The fourth-order valence-electron chi connectivity index (χ4n) is 2.69. The molecule has 1 heterocycles. The summed E-state index contributed by atoms with van der Waals surface area (Å²) in [6.07, 6.45) is 5.16. The van der Waals surface area contributed by atoms with E-state index >= 15 is 0 Å². The normalized spacial score (nSPS) is 35.0. The highest BCUT2D eigenvalue weighted by Gasteiger charge is 2.28. The molecule has 2 rings (SSSR count). The summed E-state index contributed by atoms with van der Waals surface area (Å²) < 4.78 is 0.404. The molecule has 1 fully saturated rings. The molecular formula is C14H24N2O2S2. The van der Waals surface area contributed by atoms with Gasteiger partial charge in [-0.1, -0.05) is 25.1 Å². The van der Waals surface area contributed by atoms with Crippen molar-refractivity contribution in [3.63, 3.8) is 0 Å². The van der Waals surface area contributed by atoms with Crippen LogP contribution in [-0.4, -0.2) is 38.7 Å². The maximum Gasteiger partial charge on any atom is 0.222 e. The van der Waals surface area contributed by atoms with Gasteiger partial charge in [-0.15, -0.1) is 11.8 Å². The van der Waals surface area contributed by atoms with Crippen molar-refractivity contribution in [2.75, 3.05) is 6.54 Å². The van der Waals surface area contributed by atoms with E-state index in [0.717, 1.165) is 37.4 Å². The largest absolute Gasteiger partial charge is 0.393 e. The Labute approximate surface area is 129 Å². The maximum atomic E-state index is 11.0. The van der Waals surface area contributed by atoms with Crippen LogP contribution in [0, 0.1) is 5.92 Å². The summed E-state index contributed by atoms with van der Waals surface area (Å²) in [4.78, 5) is 15.4. The average Bonchev–Trinajstić information content (AvgIpc) is 2.79. The number of aliphatic hydroxyl groups is 1. The van der Waals surface area contributed by atoms with E-state index in [2.05, 4.69) is 17.2 Å². The fourth-order valence-corrected chi connectivity index (χ4v) is 5.59. The van der Waals surface area contributed by atoms with Crippen molar-refractivity contribution in [1.29, 1.82) is 0 Å². The number of carbonyl (C=O) groups is 1. The second-order valence-electron chi connectivity index (χ2n) is 5.69. The molecule has 0 bridgehead atoms. The third kappa shape index (κ3) is 4.97. The molecule has 4 unspecified atom stereocenters. The molecule has 1 aliphatic carbocycles. The number of thioether (sulfide) groups is 2. The highest BCUT2D eigenvalue weighted by molar-refractivity contribution is 8.25. The number of hydrogen-bond acceptors (Lipinski definition) is 5. The molecule has 0 radical (unpaired) electrons. The van der Waals surface area contributed by atoms with Gasteiger partial charge in [-0.25, -0.2) is 0 Å². The van der Waals surface area contributed by atoms with Crippen LogP contribution in [0.5, 0.6) is 0 Å². The molecule has 2 aliphatic rings. The van der Waals surface area contributed by atoms with E-state index in [9.17, 15) is 9.90 Å². The van der Waals surface area contributed by atoms with Crippen LogP contribution in [0.2, 0.25) is 0 Å². The van der Waals surface area contributed by atoms with Crippen LogP contribution >= 0.6 is 23.5 Å². The summed E-state index contributed by atoms with van der Waals surface area (Å²) in [6, 6.07) is 0. The Bertz CT molecular complexity index is 376. The summed E-state index contributed by atoms with van der Waals surface area (Å²) in [7, 11) is 0. The first kappa shape index (κ1) is 16.2. The lowest BCUT2D eigenvalue weighted by molar-refractivity contribution is -0.117. The predicted molar refractivity (Wildman–Crippen MR) is 87.1 cm³/mol. The molecule has 4 atom stereocenters. The van der Waals surface area contributed by atoms with Crippen LogP contribution in [-0.2, 0) is 4.79 Å². The molecule has 114 valence electrons. The predicted octanol–water partition coefficient (Wildman–Crippen LogP) is 2.61. The van der Waals surface area contributed by atoms with Gasteiger partial charge in [0.15, 0.2) is 5.17 Å². The van der Waals surface area contributed by atoms with E-state index in [4.69, 9.17) is 0 Å². The fraction of sp³-hybridized carbons (Fsp3) is 0.857. The zero-order chi connectivity index (χ0) is 14.5. The average molecular weight is 316 g/mol. The zero-order valence-electron chi connectivity index (χ0n) is 12.2. The molecule has 20 heavy (non-hydrogen) atoms. The lowest BCUT2D eigenvalue weighted by atomic mass is 9.91. The first-order chi connectivity index (χ1) is 9.54. The van der Waals surface area contributed by atoms with Gasteiger partial charge in [0.25, 0.3) is 0 Å². The Balaban J connectivity index is 1.81. The van der Waals surface area contributed by atoms with Crippen molar-refractivity contribution in [2.24, 2.45) is 10.9 Å². The number of rotatable bonds is 2. The number of nitrogens with one attached hydrogen (secondary N) is 1. The molecule has 1 aliphatic heterocycles. The summed E-state index contributed by atoms with van der Waals surface area (Å²) in [6.45, 7) is 4.61. The van der Waals surface area contributed by atoms with Crippen LogP contribution < -0.4 is 5.32 Å². The Morgan fingerprint density at radius 3 is 2.95 bits per heavy atom. The summed E-state index contributed by atoms with van der Waals surface area (Å²) in [5.74, 6) is 0.641. The van der Waals surface area contributed by atoms with Gasteiger partial charge in [-0.2, -0.15) is 0 Å². The molecule has 2 N–H and O–H groups in total. The molecule has 0 saturated heterocycles. The van der Waals surface area contributed by atoms with Gasteiger partial charge in [0.2, 0.25) is 5.91 Å². The van der Waals surface area contributed by atoms with E-state index in [1.165, 1.54) is 13.3 Å². The molecule has 1 saturated carbocycles. The van der Waals surface area contributed by atoms with Gasteiger partial charge < -0.3 is 10.4 Å². The van der Waals surface area contributed by atoms with Crippen molar-refractivity contribution < 1.29 is 9.90 Å². The highest BCUT2D eigenvalue weighted by Crippen LogP contribution is 2.39. The van der Waals surface area contributed by atoms with Crippen molar-refractivity contribution >= 4 is 34.6 Å². The minimum absolute atomic E-state index is 0.0515. The highest BCUT2D eigenvalue weighted by atomic mass is 32.2. The minimum Gasteiger partial charge on any atom is -0.393 e. The van der Waals surface area contributed by atoms with Gasteiger partial charge in [0.1, 0.15) is 0 Å². The zero-order valence-corrected chi connectivity index (χ0v) is 13.8. The van der Waals surface area contributed by atoms with E-state index in [1.807, 2.05) is 11.8 Å². The standard InChI is InChI=1S/C14H24N2O2S2/c1-9-4-3-5-11(18)6-7-12(9)19-13-8-15-14(20-13)16-10(2)17/h9,11-13,18H,3-8H2,1-2H3,(H,15,16,17). The summed E-state index contributed by atoms with van der Waals surface area (Å²) >= 11 is 3.64. The maximum absolute atomic E-state index is 11.0. The van der Waals surface area contributed by atoms with Crippen LogP contribution in [0.25, 0.3) is 0 Å². The van der Waals surface area contributed by atoms with Gasteiger partial charge in [0, 0.05) is 12.2 Å². The second-order valence-corrected chi connectivity index (χ2v) is 8.62. The van der Waals surface area contributed by atoms with Gasteiger partial charge in [-0.05, 0) is 31.6 Å². The van der Waals surface area contributed by atoms with Crippen molar-refractivity contribution in [3.8, 4) is 0 Å². The van der Waals surface area contributed by atoms with Crippen molar-refractivity contribution in [2.45, 2.75) is 61.9 Å². The van der Waals surface area contributed by atoms with Gasteiger partial charge in [0.05, 0.1) is 17.2 Å². The number of aliphatic imine (C=N–C) groups is 1. The quantitative estimate of drug-likeness (QED) is 0.822. The Hall–Kier alpha value is -0.200. The molecule has 0 aromatic carbocycles. The van der Waals surface area contributed by atoms with E-state index < -0.39 is 0 Å². The number of amidine groups is 1. The molecule has 0 aromatic heterocycles. The molecule has 1 amide bonds. The van der Waals surface area contributed by atoms with Crippen molar-refractivity contribution in [1.82, 2.24) is 5.32 Å². The third-order valence-corrected chi connectivity index (χ3v) is 6.84. The van der Waals surface area contributed by atoms with E-state index in [1.54, 1.807) is 11.8 Å². The first-order valence-electron chi connectivity index (χ1n) is 7.37. The molecular weight excluding hydrogens is 292 g/mol. The molecule has 4 nitrogen and oxygen atoms in total. The number of nitrogens with zero attached hydrogens (tertiary/aromatic N) is 1.